The maximum Gasteiger partial charge on any atom is 0.462 e. The summed E-state index contributed by atoms with van der Waals surface area (Å²) in [6, 6.07) is 8.46. The molecule has 154 valence electrons. The first kappa shape index (κ1) is 22.0. The van der Waals surface area contributed by atoms with E-state index in [1.807, 2.05) is 6.07 Å². The molecule has 0 radical (unpaired) electrons. The number of para-hydroxylation sites is 1. The lowest BCUT2D eigenvalue weighted by atomic mass is 10.1. The molecule has 2 aromatic rings. The van der Waals surface area contributed by atoms with Crippen molar-refractivity contribution in [3.05, 3.63) is 65.2 Å². The highest BCUT2D eigenvalue weighted by Gasteiger charge is 2.73. The van der Waals surface area contributed by atoms with Crippen molar-refractivity contribution < 1.29 is 35.5 Å². The van der Waals surface area contributed by atoms with E-state index in [0.717, 1.165) is 0 Å². The van der Waals surface area contributed by atoms with Gasteiger partial charge in [0, 0.05) is 11.1 Å². The minimum Gasteiger partial charge on any atom is -0.488 e. The Hall–Kier alpha value is -3.29. The molecule has 0 aliphatic heterocycles. The zero-order valence-electron chi connectivity index (χ0n) is 14.4. The average molecular weight is 419 g/mol. The summed E-state index contributed by atoms with van der Waals surface area (Å²) in [5.41, 5.74) is 1.44. The highest BCUT2D eigenvalue weighted by atomic mass is 19.4. The Balaban J connectivity index is 2.14. The number of ether oxygens (including phenoxy) is 1. The summed E-state index contributed by atoms with van der Waals surface area (Å²) in [5.74, 6) is -6.24. The van der Waals surface area contributed by atoms with Gasteiger partial charge in [-0.2, -0.15) is 41.1 Å². The Morgan fingerprint density at radius 3 is 2.24 bits per heavy atom. The van der Waals surface area contributed by atoms with Crippen molar-refractivity contribution in [3.63, 3.8) is 0 Å². The standard InChI is InChI=1S/C18H12F7N3O/c19-16(20,17(21,22)23)18(24,25)28-27-10-13-6-3-4-8-15(13)29-11-14-7-2-1-5-12(14)9-26/h1-8,10,28H,11H2/b27-10-. The number of hydrogen-bond donors (Lipinski definition) is 1. The van der Waals surface area contributed by atoms with E-state index in [4.69, 9.17) is 10.00 Å². The van der Waals surface area contributed by atoms with Gasteiger partial charge in [-0.05, 0) is 18.2 Å². The lowest BCUT2D eigenvalue weighted by Crippen LogP contribution is -2.58. The SMILES string of the molecule is N#Cc1ccccc1COc1ccccc1/C=N\NC(F)(F)C(F)(F)C(F)(F)F. The molecule has 0 heterocycles. The monoisotopic (exact) mass is 419 g/mol. The third kappa shape index (κ3) is 4.96. The molecule has 0 bridgehead atoms. The lowest BCUT2D eigenvalue weighted by Gasteiger charge is -2.27. The number of halogens is 7. The van der Waals surface area contributed by atoms with Crippen LogP contribution in [0.25, 0.3) is 0 Å². The Kier molecular flexibility index (Phi) is 6.36. The summed E-state index contributed by atoms with van der Waals surface area (Å²) in [7, 11) is 0. The lowest BCUT2D eigenvalue weighted by molar-refractivity contribution is -0.361. The number of nitrogens with zero attached hydrogens (tertiary/aromatic N) is 2. The van der Waals surface area contributed by atoms with E-state index < -0.39 is 18.1 Å². The molecule has 0 aromatic heterocycles. The maximum atomic E-state index is 13.2. The Morgan fingerprint density at radius 2 is 1.59 bits per heavy atom. The first-order chi connectivity index (χ1) is 13.5. The largest absolute Gasteiger partial charge is 0.488 e. The first-order valence-corrected chi connectivity index (χ1v) is 7.82. The first-order valence-electron chi connectivity index (χ1n) is 7.82. The predicted molar refractivity (Wildman–Crippen MR) is 88.6 cm³/mol. The van der Waals surface area contributed by atoms with Gasteiger partial charge in [0.15, 0.2) is 0 Å². The predicted octanol–water partition coefficient (Wildman–Crippen LogP) is 4.85. The molecule has 2 rings (SSSR count). The molecule has 1 N–H and O–H groups in total. The Labute approximate surface area is 160 Å². The molecule has 4 nitrogen and oxygen atoms in total. The number of hydrogen-bond acceptors (Lipinski definition) is 4. The van der Waals surface area contributed by atoms with E-state index in [9.17, 15) is 30.7 Å². The molecular formula is C18H12F7N3O. The minimum absolute atomic E-state index is 0.0283. The van der Waals surface area contributed by atoms with Crippen molar-refractivity contribution in [1.29, 1.82) is 5.26 Å². The molecule has 0 aliphatic rings. The number of hydrazone groups is 1. The second kappa shape index (κ2) is 8.38. The van der Waals surface area contributed by atoms with Gasteiger partial charge in [-0.25, -0.2) is 5.43 Å². The van der Waals surface area contributed by atoms with E-state index >= 15 is 0 Å². The summed E-state index contributed by atoms with van der Waals surface area (Å²) in [5, 5.41) is 11.8. The second-order valence-electron chi connectivity index (χ2n) is 5.61. The summed E-state index contributed by atoms with van der Waals surface area (Å²) in [4.78, 5) is 0. The van der Waals surface area contributed by atoms with Crippen LogP contribution in [0.15, 0.2) is 53.6 Å². The molecule has 0 saturated carbocycles. The van der Waals surface area contributed by atoms with Crippen LogP contribution in [-0.2, 0) is 6.61 Å². The van der Waals surface area contributed by atoms with Crippen molar-refractivity contribution in [2.24, 2.45) is 5.10 Å². The molecule has 0 fully saturated rings. The molecule has 11 heteroatoms. The number of nitrogens with one attached hydrogen (secondary N) is 1. The van der Waals surface area contributed by atoms with Gasteiger partial charge in [-0.1, -0.05) is 30.3 Å². The van der Waals surface area contributed by atoms with Gasteiger partial charge in [0.2, 0.25) is 0 Å². The van der Waals surface area contributed by atoms with Gasteiger partial charge in [-0.15, -0.1) is 0 Å². The molecule has 0 amide bonds. The van der Waals surface area contributed by atoms with Crippen LogP contribution in [0.3, 0.4) is 0 Å². The fraction of sp³-hybridized carbons (Fsp3) is 0.222. The highest BCUT2D eigenvalue weighted by molar-refractivity contribution is 5.83. The van der Waals surface area contributed by atoms with Crippen molar-refractivity contribution in [3.8, 4) is 11.8 Å². The van der Waals surface area contributed by atoms with Crippen LogP contribution in [0.1, 0.15) is 16.7 Å². The van der Waals surface area contributed by atoms with Crippen LogP contribution in [0, 0.1) is 11.3 Å². The smallest absolute Gasteiger partial charge is 0.462 e. The fourth-order valence-corrected chi connectivity index (χ4v) is 2.06. The Bertz CT molecular complexity index is 920. The molecule has 0 unspecified atom stereocenters. The van der Waals surface area contributed by atoms with Crippen LogP contribution in [-0.4, -0.2) is 24.4 Å². The average Bonchev–Trinajstić information content (AvgIpc) is 2.66. The van der Waals surface area contributed by atoms with Crippen LogP contribution in [0.5, 0.6) is 5.75 Å². The summed E-state index contributed by atoms with van der Waals surface area (Å²) < 4.78 is 93.8. The van der Waals surface area contributed by atoms with Crippen molar-refractivity contribution in [1.82, 2.24) is 5.43 Å². The quantitative estimate of drug-likeness (QED) is 0.302. The van der Waals surface area contributed by atoms with E-state index in [2.05, 4.69) is 5.10 Å². The van der Waals surface area contributed by atoms with Crippen LogP contribution in [0.2, 0.25) is 0 Å². The number of alkyl halides is 7. The van der Waals surface area contributed by atoms with Gasteiger partial charge >= 0.3 is 18.1 Å². The highest BCUT2D eigenvalue weighted by Crippen LogP contribution is 2.45. The summed E-state index contributed by atoms with van der Waals surface area (Å²) in [6.07, 6.45) is -5.85. The van der Waals surface area contributed by atoms with E-state index in [0.29, 0.717) is 22.8 Å². The fourth-order valence-electron chi connectivity index (χ4n) is 2.06. The Morgan fingerprint density at radius 1 is 0.966 bits per heavy atom. The van der Waals surface area contributed by atoms with Crippen molar-refractivity contribution >= 4 is 6.21 Å². The van der Waals surface area contributed by atoms with Gasteiger partial charge in [0.25, 0.3) is 0 Å². The van der Waals surface area contributed by atoms with Crippen LogP contribution in [0.4, 0.5) is 30.7 Å². The topological polar surface area (TPSA) is 57.4 Å². The normalized spacial score (nSPS) is 12.6. The molecular weight excluding hydrogens is 407 g/mol. The third-order valence-corrected chi connectivity index (χ3v) is 3.60. The van der Waals surface area contributed by atoms with Crippen molar-refractivity contribution in [2.45, 2.75) is 24.8 Å². The van der Waals surface area contributed by atoms with Crippen molar-refractivity contribution in [2.75, 3.05) is 0 Å². The van der Waals surface area contributed by atoms with Crippen LogP contribution < -0.4 is 10.2 Å². The summed E-state index contributed by atoms with van der Waals surface area (Å²) >= 11 is 0. The number of nitriles is 1. The molecule has 0 aliphatic carbocycles. The van der Waals surface area contributed by atoms with Gasteiger partial charge in [0.05, 0.1) is 17.8 Å². The summed E-state index contributed by atoms with van der Waals surface area (Å²) in [6.45, 7) is -0.0790. The minimum atomic E-state index is -6.46. The molecule has 0 saturated heterocycles. The molecule has 0 atom stereocenters. The van der Waals surface area contributed by atoms with Gasteiger partial charge in [0.1, 0.15) is 12.4 Å². The number of rotatable bonds is 7. The zero-order valence-corrected chi connectivity index (χ0v) is 14.4. The molecule has 2 aromatic carbocycles. The van der Waals surface area contributed by atoms with E-state index in [1.54, 1.807) is 24.3 Å². The van der Waals surface area contributed by atoms with Gasteiger partial charge < -0.3 is 4.74 Å². The maximum absolute atomic E-state index is 13.2. The second-order valence-corrected chi connectivity index (χ2v) is 5.61. The molecule has 29 heavy (non-hydrogen) atoms. The van der Waals surface area contributed by atoms with E-state index in [1.165, 1.54) is 24.3 Å². The number of benzene rings is 2. The molecule has 0 spiro atoms. The van der Waals surface area contributed by atoms with Gasteiger partial charge in [-0.3, -0.25) is 0 Å². The third-order valence-electron chi connectivity index (χ3n) is 3.60. The van der Waals surface area contributed by atoms with E-state index in [-0.39, 0.29) is 17.9 Å². The van der Waals surface area contributed by atoms with Crippen LogP contribution >= 0.6 is 0 Å². The zero-order chi connectivity index (χ0) is 21.7.